The molecule has 0 amide bonds. The molecule has 6 aromatic rings. The summed E-state index contributed by atoms with van der Waals surface area (Å²) in [6.07, 6.45) is 3.62. The molecule has 3 aromatic carbocycles. The fourth-order valence-corrected chi connectivity index (χ4v) is 4.30. The van der Waals surface area contributed by atoms with E-state index in [-0.39, 0.29) is 5.82 Å². The van der Waals surface area contributed by atoms with E-state index >= 15 is 0 Å². The lowest BCUT2D eigenvalue weighted by atomic mass is 10.0. The Hall–Kier alpha value is -4.45. The van der Waals surface area contributed by atoms with Crippen molar-refractivity contribution in [1.82, 2.24) is 20.2 Å². The van der Waals surface area contributed by atoms with Crippen molar-refractivity contribution in [3.63, 3.8) is 0 Å². The van der Waals surface area contributed by atoms with Crippen molar-refractivity contribution in [2.75, 3.05) is 7.11 Å². The maximum absolute atomic E-state index is 14.2. The van der Waals surface area contributed by atoms with E-state index in [1.54, 1.807) is 6.20 Å². The molecule has 33 heavy (non-hydrogen) atoms. The van der Waals surface area contributed by atoms with Crippen LogP contribution in [0.1, 0.15) is 0 Å². The SMILES string of the molecule is COc1cc(F)cc(-c2cccc3[nH]c(-c4n[nH]c5ccc(-c6cccnc6)cc45)cc23)c1. The molecular weight excluding hydrogens is 415 g/mol. The van der Waals surface area contributed by atoms with Gasteiger partial charge < -0.3 is 9.72 Å². The van der Waals surface area contributed by atoms with Crippen LogP contribution in [0.15, 0.2) is 85.2 Å². The van der Waals surface area contributed by atoms with Crippen molar-refractivity contribution in [2.24, 2.45) is 0 Å². The first kappa shape index (κ1) is 19.3. The zero-order chi connectivity index (χ0) is 22.4. The molecule has 0 aliphatic heterocycles. The van der Waals surface area contributed by atoms with E-state index in [0.717, 1.165) is 55.4 Å². The second-order valence-electron chi connectivity index (χ2n) is 7.90. The van der Waals surface area contributed by atoms with Gasteiger partial charge in [-0.1, -0.05) is 24.3 Å². The van der Waals surface area contributed by atoms with Crippen molar-refractivity contribution < 1.29 is 9.13 Å². The van der Waals surface area contributed by atoms with Gasteiger partial charge in [0.15, 0.2) is 0 Å². The molecule has 0 unspecified atom stereocenters. The number of nitrogens with one attached hydrogen (secondary N) is 2. The third-order valence-electron chi connectivity index (χ3n) is 5.89. The van der Waals surface area contributed by atoms with Gasteiger partial charge in [-0.15, -0.1) is 0 Å². The van der Waals surface area contributed by atoms with Crippen LogP contribution in [0.25, 0.3) is 55.4 Å². The van der Waals surface area contributed by atoms with Crippen LogP contribution in [-0.2, 0) is 0 Å². The van der Waals surface area contributed by atoms with Crippen molar-refractivity contribution in [2.45, 2.75) is 0 Å². The summed E-state index contributed by atoms with van der Waals surface area (Å²) in [7, 11) is 1.54. The van der Waals surface area contributed by atoms with Crippen LogP contribution in [0, 0.1) is 5.82 Å². The predicted octanol–water partition coefficient (Wildman–Crippen LogP) is 6.59. The summed E-state index contributed by atoms with van der Waals surface area (Å²) >= 11 is 0. The van der Waals surface area contributed by atoms with Gasteiger partial charge in [0.2, 0.25) is 0 Å². The number of aromatic nitrogens is 4. The van der Waals surface area contributed by atoms with Crippen LogP contribution >= 0.6 is 0 Å². The smallest absolute Gasteiger partial charge is 0.127 e. The lowest BCUT2D eigenvalue weighted by Crippen LogP contribution is -1.87. The molecule has 3 heterocycles. The van der Waals surface area contributed by atoms with E-state index in [1.165, 1.54) is 19.2 Å². The molecule has 0 spiro atoms. The topological polar surface area (TPSA) is 66.6 Å². The fourth-order valence-electron chi connectivity index (χ4n) is 4.30. The van der Waals surface area contributed by atoms with E-state index in [4.69, 9.17) is 4.74 Å². The van der Waals surface area contributed by atoms with Gasteiger partial charge >= 0.3 is 0 Å². The second-order valence-corrected chi connectivity index (χ2v) is 7.90. The predicted molar refractivity (Wildman–Crippen MR) is 129 cm³/mol. The van der Waals surface area contributed by atoms with E-state index in [1.807, 2.05) is 48.7 Å². The Morgan fingerprint density at radius 3 is 2.61 bits per heavy atom. The molecule has 0 radical (unpaired) electrons. The Labute approximate surface area is 188 Å². The summed E-state index contributed by atoms with van der Waals surface area (Å²) in [6.45, 7) is 0. The van der Waals surface area contributed by atoms with Gasteiger partial charge in [-0.25, -0.2) is 4.39 Å². The number of nitrogens with zero attached hydrogens (tertiary/aromatic N) is 2. The fraction of sp³-hybridized carbons (Fsp3) is 0.0370. The number of rotatable bonds is 4. The van der Waals surface area contributed by atoms with E-state index in [2.05, 4.69) is 38.4 Å². The molecule has 0 bridgehead atoms. The first-order valence-corrected chi connectivity index (χ1v) is 10.6. The zero-order valence-corrected chi connectivity index (χ0v) is 17.8. The van der Waals surface area contributed by atoms with Gasteiger partial charge in [0, 0.05) is 40.3 Å². The highest BCUT2D eigenvalue weighted by Gasteiger charge is 2.15. The summed E-state index contributed by atoms with van der Waals surface area (Å²) in [5, 5.41) is 9.71. The Balaban J connectivity index is 1.50. The minimum atomic E-state index is -0.335. The van der Waals surface area contributed by atoms with Crippen molar-refractivity contribution in [3.05, 3.63) is 91.0 Å². The van der Waals surface area contributed by atoms with Gasteiger partial charge in [-0.2, -0.15) is 5.10 Å². The second kappa shape index (κ2) is 7.60. The maximum atomic E-state index is 14.2. The van der Waals surface area contributed by atoms with Gasteiger partial charge in [0.1, 0.15) is 17.3 Å². The summed E-state index contributed by atoms with van der Waals surface area (Å²) < 4.78 is 19.4. The molecule has 6 heteroatoms. The highest BCUT2D eigenvalue weighted by atomic mass is 19.1. The number of ether oxygens (including phenoxy) is 1. The molecule has 0 aliphatic rings. The third kappa shape index (κ3) is 3.32. The zero-order valence-electron chi connectivity index (χ0n) is 17.8. The van der Waals surface area contributed by atoms with Gasteiger partial charge in [0.05, 0.1) is 18.3 Å². The lowest BCUT2D eigenvalue weighted by Gasteiger charge is -2.07. The number of hydrogen-bond donors (Lipinski definition) is 2. The molecule has 0 aliphatic carbocycles. The highest BCUT2D eigenvalue weighted by Crippen LogP contribution is 2.36. The Kier molecular flexibility index (Phi) is 4.43. The molecule has 0 fully saturated rings. The summed E-state index contributed by atoms with van der Waals surface area (Å²) in [6, 6.07) is 22.9. The standard InChI is InChI=1S/C27H19FN4O/c1-33-20-11-18(10-19(28)13-20)21-5-2-6-24-22(21)14-26(30-24)27-23-12-16(7-8-25(23)31-32-27)17-4-3-9-29-15-17/h2-15,30H,1H3,(H,31,32). The largest absolute Gasteiger partial charge is 0.497 e. The van der Waals surface area contributed by atoms with Crippen molar-refractivity contribution >= 4 is 21.8 Å². The number of fused-ring (bicyclic) bond motifs is 2. The molecule has 2 N–H and O–H groups in total. The minimum Gasteiger partial charge on any atom is -0.497 e. The first-order chi connectivity index (χ1) is 16.2. The highest BCUT2D eigenvalue weighted by molar-refractivity contribution is 6.02. The van der Waals surface area contributed by atoms with Crippen molar-refractivity contribution in [3.8, 4) is 39.4 Å². The number of methoxy groups -OCH3 is 1. The lowest BCUT2D eigenvalue weighted by molar-refractivity contribution is 0.411. The van der Waals surface area contributed by atoms with E-state index in [9.17, 15) is 4.39 Å². The monoisotopic (exact) mass is 434 g/mol. The summed E-state index contributed by atoms with van der Waals surface area (Å²) in [4.78, 5) is 7.71. The Bertz CT molecular complexity index is 1620. The van der Waals surface area contributed by atoms with Crippen LogP contribution in [-0.4, -0.2) is 27.3 Å². The number of H-pyrrole nitrogens is 2. The van der Waals surface area contributed by atoms with Gasteiger partial charge in [-0.05, 0) is 59.2 Å². The van der Waals surface area contributed by atoms with E-state index in [0.29, 0.717) is 5.75 Å². The Morgan fingerprint density at radius 2 is 1.76 bits per heavy atom. The maximum Gasteiger partial charge on any atom is 0.127 e. The number of hydrogen-bond acceptors (Lipinski definition) is 3. The molecule has 3 aromatic heterocycles. The van der Waals surface area contributed by atoms with Gasteiger partial charge in [-0.3, -0.25) is 10.1 Å². The molecular formula is C27H19FN4O. The number of halogens is 1. The van der Waals surface area contributed by atoms with Crippen LogP contribution < -0.4 is 4.74 Å². The Morgan fingerprint density at radius 1 is 0.818 bits per heavy atom. The molecule has 5 nitrogen and oxygen atoms in total. The number of pyridine rings is 1. The molecule has 6 rings (SSSR count). The quantitative estimate of drug-likeness (QED) is 0.329. The normalized spacial score (nSPS) is 11.3. The van der Waals surface area contributed by atoms with Crippen LogP contribution in [0.4, 0.5) is 4.39 Å². The van der Waals surface area contributed by atoms with Gasteiger partial charge in [0.25, 0.3) is 0 Å². The molecule has 0 atom stereocenters. The first-order valence-electron chi connectivity index (χ1n) is 10.6. The third-order valence-corrected chi connectivity index (χ3v) is 5.89. The minimum absolute atomic E-state index is 0.335. The van der Waals surface area contributed by atoms with Crippen LogP contribution in [0.2, 0.25) is 0 Å². The number of benzene rings is 3. The average molecular weight is 434 g/mol. The molecule has 0 saturated carbocycles. The van der Waals surface area contributed by atoms with Crippen molar-refractivity contribution in [1.29, 1.82) is 0 Å². The summed E-state index contributed by atoms with van der Waals surface area (Å²) in [5.41, 5.74) is 7.41. The summed E-state index contributed by atoms with van der Waals surface area (Å²) in [5.74, 6) is 0.150. The van der Waals surface area contributed by atoms with E-state index < -0.39 is 0 Å². The number of aromatic amines is 2. The van der Waals surface area contributed by atoms with Crippen LogP contribution in [0.5, 0.6) is 5.75 Å². The molecule has 160 valence electrons. The average Bonchev–Trinajstić information content (AvgIpc) is 3.47. The molecule has 0 saturated heterocycles. The van der Waals surface area contributed by atoms with Crippen LogP contribution in [0.3, 0.4) is 0 Å².